The fraction of sp³-hybridized carbons (Fsp3) is 0.250. The van der Waals surface area contributed by atoms with E-state index in [1.54, 1.807) is 31.2 Å². The Bertz CT molecular complexity index is 1890. The predicted molar refractivity (Wildman–Crippen MR) is 167 cm³/mol. The molecule has 2 aliphatic rings. The third kappa shape index (κ3) is 5.89. The molecule has 46 heavy (non-hydrogen) atoms. The zero-order valence-corrected chi connectivity index (χ0v) is 26.0. The summed E-state index contributed by atoms with van der Waals surface area (Å²) in [5, 5.41) is 1.97. The van der Waals surface area contributed by atoms with Crippen molar-refractivity contribution in [1.82, 2.24) is 4.98 Å². The van der Waals surface area contributed by atoms with E-state index in [-0.39, 0.29) is 28.9 Å². The van der Waals surface area contributed by atoms with Crippen molar-refractivity contribution in [3.63, 3.8) is 0 Å². The number of ether oxygens (including phenoxy) is 2. The molecule has 3 atom stereocenters. The fourth-order valence-corrected chi connectivity index (χ4v) is 8.11. The molecular formula is C32H26F3N3O6S2. The smallest absolute Gasteiger partial charge is 0.418 e. The molecule has 0 bridgehead atoms. The molecule has 3 amide bonds. The minimum absolute atomic E-state index is 0.143. The van der Waals surface area contributed by atoms with Crippen LogP contribution in [0.15, 0.2) is 76.6 Å². The van der Waals surface area contributed by atoms with Crippen molar-refractivity contribution in [3.8, 4) is 11.5 Å². The molecule has 1 saturated heterocycles. The van der Waals surface area contributed by atoms with Crippen molar-refractivity contribution in [1.29, 1.82) is 0 Å². The minimum Gasteiger partial charge on any atom is -0.490 e. The summed E-state index contributed by atoms with van der Waals surface area (Å²) < 4.78 is 51.5. The van der Waals surface area contributed by atoms with E-state index >= 15 is 0 Å². The summed E-state index contributed by atoms with van der Waals surface area (Å²) in [7, 11) is 0. The van der Waals surface area contributed by atoms with Gasteiger partial charge in [-0.15, -0.1) is 0 Å². The fourth-order valence-electron chi connectivity index (χ4n) is 5.60. The number of thioether (sulfide) groups is 1. The number of rotatable bonds is 8. The Kier molecular flexibility index (Phi) is 8.42. The molecule has 14 heteroatoms. The van der Waals surface area contributed by atoms with Gasteiger partial charge in [0.05, 0.1) is 34.5 Å². The summed E-state index contributed by atoms with van der Waals surface area (Å²) >= 11 is 2.13. The second-order valence-electron chi connectivity index (χ2n) is 10.6. The molecule has 238 valence electrons. The Hall–Kier alpha value is -4.56. The lowest BCUT2D eigenvalue weighted by Gasteiger charge is -2.30. The highest BCUT2D eigenvalue weighted by Gasteiger charge is 2.56. The average molecular weight is 670 g/mol. The quantitative estimate of drug-likeness (QED) is 0.222. The van der Waals surface area contributed by atoms with Crippen LogP contribution in [0.3, 0.4) is 0 Å². The van der Waals surface area contributed by atoms with Crippen LogP contribution in [0.2, 0.25) is 0 Å². The summed E-state index contributed by atoms with van der Waals surface area (Å²) in [5.74, 6) is -2.72. The number of fused-ring (bicyclic) bond motifs is 2. The maximum absolute atomic E-state index is 14.0. The van der Waals surface area contributed by atoms with E-state index in [9.17, 15) is 32.3 Å². The van der Waals surface area contributed by atoms with Crippen molar-refractivity contribution in [3.05, 3.63) is 98.0 Å². The predicted octanol–water partition coefficient (Wildman–Crippen LogP) is 5.98. The average Bonchev–Trinajstić information content (AvgIpc) is 3.50. The number of para-hydroxylation sites is 1. The van der Waals surface area contributed by atoms with Crippen LogP contribution in [0.25, 0.3) is 0 Å². The number of aryl methyl sites for hydroxylation is 1. The molecule has 0 spiro atoms. The van der Waals surface area contributed by atoms with Crippen LogP contribution < -0.4 is 24.6 Å². The number of nitrogens with one attached hydrogen (secondary N) is 2. The summed E-state index contributed by atoms with van der Waals surface area (Å²) in [6, 6.07) is 16.5. The Balaban J connectivity index is 1.29. The Labute approximate surface area is 268 Å². The minimum atomic E-state index is -4.66. The zero-order valence-electron chi connectivity index (χ0n) is 24.3. The highest BCUT2D eigenvalue weighted by molar-refractivity contribution is 8.00. The van der Waals surface area contributed by atoms with Crippen LogP contribution in [-0.4, -0.2) is 41.2 Å². The number of benzene rings is 3. The lowest BCUT2D eigenvalue weighted by Crippen LogP contribution is -2.32. The first-order chi connectivity index (χ1) is 22.0. The van der Waals surface area contributed by atoms with Gasteiger partial charge in [-0.05, 0) is 55.8 Å². The number of carbonyl (C=O) groups is 3. The molecular weight excluding hydrogens is 643 g/mol. The Morgan fingerprint density at radius 3 is 2.43 bits per heavy atom. The molecule has 1 fully saturated rings. The standard InChI is InChI=1S/C32H26F3N3O6S2/c1-3-43-22-14-17(10-13-21(22)44-15-23(39)36-20-7-5-4-6-19(20)32(33,34)35)24-25-27(45-28-26(24)46-31(42)37-28)30(41)38(29(25)40)18-11-8-16(2)9-12-18/h4-14,24-25,27H,3,15H2,1-2H3,(H,36,39)(H,37,42). The van der Waals surface area contributed by atoms with Gasteiger partial charge in [0.15, 0.2) is 18.1 Å². The lowest BCUT2D eigenvalue weighted by atomic mass is 9.83. The number of alkyl halides is 3. The number of thiazole rings is 1. The zero-order chi connectivity index (χ0) is 32.7. The van der Waals surface area contributed by atoms with Crippen LogP contribution in [0, 0.1) is 12.8 Å². The van der Waals surface area contributed by atoms with E-state index in [0.29, 0.717) is 21.2 Å². The van der Waals surface area contributed by atoms with Crippen LogP contribution in [-0.2, 0) is 20.6 Å². The largest absolute Gasteiger partial charge is 0.490 e. The van der Waals surface area contributed by atoms with Crippen molar-refractivity contribution < 1.29 is 37.0 Å². The first-order valence-electron chi connectivity index (χ1n) is 14.2. The number of carbonyl (C=O) groups excluding carboxylic acids is 3. The van der Waals surface area contributed by atoms with E-state index in [0.717, 1.165) is 40.8 Å². The number of hydrogen-bond donors (Lipinski definition) is 2. The van der Waals surface area contributed by atoms with Crippen molar-refractivity contribution in [2.75, 3.05) is 23.4 Å². The molecule has 3 unspecified atom stereocenters. The van der Waals surface area contributed by atoms with Gasteiger partial charge in [0.2, 0.25) is 11.8 Å². The monoisotopic (exact) mass is 669 g/mol. The first kappa shape index (κ1) is 31.4. The summed E-state index contributed by atoms with van der Waals surface area (Å²) in [4.78, 5) is 56.9. The summed E-state index contributed by atoms with van der Waals surface area (Å²) in [6.45, 7) is 3.23. The second-order valence-corrected chi connectivity index (χ2v) is 12.8. The van der Waals surface area contributed by atoms with Gasteiger partial charge >= 0.3 is 11.0 Å². The normalized spacial score (nSPS) is 19.1. The topological polar surface area (TPSA) is 118 Å². The van der Waals surface area contributed by atoms with Crippen molar-refractivity contribution in [2.45, 2.75) is 36.2 Å². The lowest BCUT2D eigenvalue weighted by molar-refractivity contribution is -0.137. The maximum Gasteiger partial charge on any atom is 0.418 e. The van der Waals surface area contributed by atoms with Crippen molar-refractivity contribution in [2.24, 2.45) is 5.92 Å². The molecule has 3 heterocycles. The Morgan fingerprint density at radius 1 is 0.978 bits per heavy atom. The molecule has 2 aliphatic heterocycles. The van der Waals surface area contributed by atoms with Crippen molar-refractivity contribution >= 4 is 52.2 Å². The van der Waals surface area contributed by atoms with Gasteiger partial charge in [0, 0.05) is 10.8 Å². The number of halogens is 3. The van der Waals surface area contributed by atoms with Gasteiger partial charge in [-0.3, -0.25) is 19.2 Å². The maximum atomic E-state index is 14.0. The van der Waals surface area contributed by atoms with E-state index in [1.807, 2.05) is 19.1 Å². The van der Waals surface area contributed by atoms with Gasteiger partial charge in [-0.2, -0.15) is 13.2 Å². The van der Waals surface area contributed by atoms with Gasteiger partial charge < -0.3 is 19.8 Å². The molecule has 0 aliphatic carbocycles. The van der Waals surface area contributed by atoms with Crippen LogP contribution in [0.4, 0.5) is 24.5 Å². The molecule has 1 aromatic heterocycles. The Morgan fingerprint density at radius 2 is 1.72 bits per heavy atom. The molecule has 2 N–H and O–H groups in total. The molecule has 6 rings (SSSR count). The van der Waals surface area contributed by atoms with E-state index in [4.69, 9.17) is 9.47 Å². The van der Waals surface area contributed by atoms with E-state index in [1.165, 1.54) is 23.1 Å². The number of aromatic nitrogens is 1. The number of nitrogens with zero attached hydrogens (tertiary/aromatic N) is 1. The van der Waals surface area contributed by atoms with Gasteiger partial charge in [0.25, 0.3) is 5.91 Å². The number of hydrogen-bond acceptors (Lipinski definition) is 8. The van der Waals surface area contributed by atoms with E-state index in [2.05, 4.69) is 10.3 Å². The van der Waals surface area contributed by atoms with Gasteiger partial charge in [0.1, 0.15) is 5.25 Å². The molecule has 9 nitrogen and oxygen atoms in total. The molecule has 4 aromatic rings. The third-order valence-corrected chi connectivity index (χ3v) is 10.0. The highest BCUT2D eigenvalue weighted by Crippen LogP contribution is 2.53. The number of amides is 3. The van der Waals surface area contributed by atoms with Crippen LogP contribution in [0.5, 0.6) is 11.5 Å². The second kappa shape index (κ2) is 12.3. The van der Waals surface area contributed by atoms with Crippen LogP contribution in [0.1, 0.15) is 34.4 Å². The third-order valence-electron chi connectivity index (χ3n) is 7.61. The van der Waals surface area contributed by atoms with Gasteiger partial charge in [-0.25, -0.2) is 4.90 Å². The number of imide groups is 1. The molecule has 3 aromatic carbocycles. The SMILES string of the molecule is CCOc1cc(C2c3sc(=O)[nH]c3SC3C(=O)N(c4ccc(C)cc4)C(=O)C32)ccc1OCC(=O)Nc1ccccc1C(F)(F)F. The highest BCUT2D eigenvalue weighted by atomic mass is 32.2. The van der Waals surface area contributed by atoms with Gasteiger partial charge in [-0.1, -0.05) is 59.0 Å². The molecule has 0 saturated carbocycles. The number of aromatic amines is 1. The first-order valence-corrected chi connectivity index (χ1v) is 15.9. The summed E-state index contributed by atoms with van der Waals surface area (Å²) in [6.07, 6.45) is -4.66. The van der Waals surface area contributed by atoms with E-state index < -0.39 is 52.9 Å². The number of anilines is 2. The molecule has 0 radical (unpaired) electrons. The number of H-pyrrole nitrogens is 1. The summed E-state index contributed by atoms with van der Waals surface area (Å²) in [5.41, 5.74) is 0.630. The van der Waals surface area contributed by atoms with Crippen LogP contribution >= 0.6 is 23.1 Å².